The van der Waals surface area contributed by atoms with Gasteiger partial charge in [0.05, 0.1) is 12.1 Å². The van der Waals surface area contributed by atoms with Crippen molar-refractivity contribution < 1.29 is 5.11 Å². The maximum Gasteiger partial charge on any atom is 0.191 e. The van der Waals surface area contributed by atoms with Crippen molar-refractivity contribution in [3.05, 3.63) is 22.4 Å². The van der Waals surface area contributed by atoms with Crippen molar-refractivity contribution in [3.63, 3.8) is 0 Å². The fourth-order valence-corrected chi connectivity index (χ4v) is 3.75. The van der Waals surface area contributed by atoms with E-state index >= 15 is 0 Å². The number of rotatable bonds is 8. The zero-order valence-corrected chi connectivity index (χ0v) is 19.5. The van der Waals surface area contributed by atoms with Crippen molar-refractivity contribution in [2.24, 2.45) is 4.99 Å². The normalized spacial score (nSPS) is 17.0. The van der Waals surface area contributed by atoms with Crippen LogP contribution in [0.2, 0.25) is 0 Å². The van der Waals surface area contributed by atoms with Crippen molar-refractivity contribution in [1.29, 1.82) is 0 Å². The summed E-state index contributed by atoms with van der Waals surface area (Å²) in [6.45, 7) is 10.7. The fraction of sp³-hybridized carbons (Fsp3) is 0.737. The van der Waals surface area contributed by atoms with E-state index < -0.39 is 5.60 Å². The number of likely N-dealkylation sites (tertiary alicyclic amines) is 1. The van der Waals surface area contributed by atoms with Gasteiger partial charge in [-0.3, -0.25) is 9.89 Å². The van der Waals surface area contributed by atoms with Gasteiger partial charge in [-0.1, -0.05) is 13.8 Å². The third kappa shape index (κ3) is 7.70. The average Bonchev–Trinajstić information content (AvgIpc) is 3.14. The standard InChI is InChI=1S/C19H34N4OS.HI/c1-4-19(24,5-2)15-21-18(20-6-3)22-17-7-10-23(11-8-17)13-16-9-12-25-14-16;/h9,12,14,17,24H,4-8,10-11,13,15H2,1-3H3,(H2,20,21,22);1H. The van der Waals surface area contributed by atoms with Gasteiger partial charge in [-0.25, -0.2) is 0 Å². The van der Waals surface area contributed by atoms with Crippen molar-refractivity contribution in [2.75, 3.05) is 26.2 Å². The predicted octanol–water partition coefficient (Wildman–Crippen LogP) is 3.44. The van der Waals surface area contributed by atoms with E-state index in [1.54, 1.807) is 11.3 Å². The minimum atomic E-state index is -0.688. The molecule has 0 radical (unpaired) electrons. The van der Waals surface area contributed by atoms with E-state index in [1.165, 1.54) is 5.56 Å². The molecule has 1 aromatic heterocycles. The molecule has 1 aliphatic heterocycles. The average molecular weight is 494 g/mol. The lowest BCUT2D eigenvalue weighted by atomic mass is 9.98. The van der Waals surface area contributed by atoms with Gasteiger partial charge in [0.15, 0.2) is 5.96 Å². The van der Waals surface area contributed by atoms with E-state index in [0.29, 0.717) is 12.6 Å². The van der Waals surface area contributed by atoms with Gasteiger partial charge >= 0.3 is 0 Å². The molecular formula is C19H35IN4OS. The molecule has 1 aromatic rings. The highest BCUT2D eigenvalue weighted by Crippen LogP contribution is 2.16. The van der Waals surface area contributed by atoms with Crippen LogP contribution in [0, 0.1) is 0 Å². The highest BCUT2D eigenvalue weighted by Gasteiger charge is 2.23. The number of halogens is 1. The minimum absolute atomic E-state index is 0. The van der Waals surface area contributed by atoms with Gasteiger partial charge in [0, 0.05) is 32.2 Å². The molecule has 0 amide bonds. The summed E-state index contributed by atoms with van der Waals surface area (Å²) in [5.74, 6) is 0.833. The molecule has 2 rings (SSSR count). The number of nitrogens with zero attached hydrogens (tertiary/aromatic N) is 2. The van der Waals surface area contributed by atoms with Crippen LogP contribution in [0.15, 0.2) is 21.8 Å². The van der Waals surface area contributed by atoms with E-state index in [-0.39, 0.29) is 24.0 Å². The molecule has 0 atom stereocenters. The number of aliphatic imine (C=N–C) groups is 1. The minimum Gasteiger partial charge on any atom is -0.388 e. The van der Waals surface area contributed by atoms with Gasteiger partial charge in [-0.2, -0.15) is 11.3 Å². The molecule has 26 heavy (non-hydrogen) atoms. The van der Waals surface area contributed by atoms with Crippen LogP contribution in [0.1, 0.15) is 52.0 Å². The molecule has 5 nitrogen and oxygen atoms in total. The van der Waals surface area contributed by atoms with E-state index in [0.717, 1.165) is 57.8 Å². The summed E-state index contributed by atoms with van der Waals surface area (Å²) in [7, 11) is 0. The summed E-state index contributed by atoms with van der Waals surface area (Å²) in [4.78, 5) is 7.16. The first-order valence-electron chi connectivity index (χ1n) is 9.59. The van der Waals surface area contributed by atoms with Crippen molar-refractivity contribution in [1.82, 2.24) is 15.5 Å². The lowest BCUT2D eigenvalue weighted by Crippen LogP contribution is -2.49. The Labute approximate surface area is 179 Å². The molecule has 2 heterocycles. The molecule has 3 N–H and O–H groups in total. The Bertz CT molecular complexity index is 512. The molecule has 150 valence electrons. The SMILES string of the molecule is CCNC(=NCC(O)(CC)CC)NC1CCN(Cc2ccsc2)CC1.I. The third-order valence-corrected chi connectivity index (χ3v) is 5.84. The first-order chi connectivity index (χ1) is 12.1. The Balaban J connectivity index is 0.00000338. The summed E-state index contributed by atoms with van der Waals surface area (Å²) in [6, 6.07) is 2.67. The second kappa shape index (κ2) is 12.2. The summed E-state index contributed by atoms with van der Waals surface area (Å²) in [5.41, 5.74) is 0.733. The number of hydrogen-bond donors (Lipinski definition) is 3. The highest BCUT2D eigenvalue weighted by atomic mass is 127. The topological polar surface area (TPSA) is 59.9 Å². The lowest BCUT2D eigenvalue weighted by molar-refractivity contribution is 0.0417. The van der Waals surface area contributed by atoms with Crippen molar-refractivity contribution >= 4 is 41.3 Å². The molecular weight excluding hydrogens is 459 g/mol. The summed E-state index contributed by atoms with van der Waals surface area (Å²) in [6.07, 6.45) is 3.71. The van der Waals surface area contributed by atoms with Crippen LogP contribution in [-0.2, 0) is 6.54 Å². The highest BCUT2D eigenvalue weighted by molar-refractivity contribution is 14.0. The second-order valence-corrected chi connectivity index (χ2v) is 7.73. The van der Waals surface area contributed by atoms with Crippen LogP contribution in [0.25, 0.3) is 0 Å². The van der Waals surface area contributed by atoms with E-state index in [1.807, 2.05) is 13.8 Å². The molecule has 1 aliphatic rings. The molecule has 0 aliphatic carbocycles. The number of nitrogens with one attached hydrogen (secondary N) is 2. The van der Waals surface area contributed by atoms with Crippen molar-refractivity contribution in [2.45, 2.75) is 64.6 Å². The van der Waals surface area contributed by atoms with Gasteiger partial charge in [0.2, 0.25) is 0 Å². The van der Waals surface area contributed by atoms with Crippen LogP contribution >= 0.6 is 35.3 Å². The predicted molar refractivity (Wildman–Crippen MR) is 123 cm³/mol. The smallest absolute Gasteiger partial charge is 0.191 e. The molecule has 1 fully saturated rings. The largest absolute Gasteiger partial charge is 0.388 e. The fourth-order valence-electron chi connectivity index (χ4n) is 3.09. The number of thiophene rings is 1. The first kappa shape index (κ1) is 23.7. The maximum absolute atomic E-state index is 10.4. The first-order valence-corrected chi connectivity index (χ1v) is 10.5. The zero-order chi connectivity index (χ0) is 18.1. The molecule has 0 unspecified atom stereocenters. The van der Waals surface area contributed by atoms with E-state index in [9.17, 15) is 5.11 Å². The van der Waals surface area contributed by atoms with E-state index in [2.05, 4.69) is 44.3 Å². The van der Waals surface area contributed by atoms with Crippen LogP contribution in [-0.4, -0.2) is 53.8 Å². The van der Waals surface area contributed by atoms with Crippen LogP contribution in [0.3, 0.4) is 0 Å². The molecule has 0 saturated carbocycles. The molecule has 0 aromatic carbocycles. The summed E-state index contributed by atoms with van der Waals surface area (Å²) in [5, 5.41) is 21.7. The molecule has 0 bridgehead atoms. The Morgan fingerprint density at radius 1 is 1.31 bits per heavy atom. The number of guanidine groups is 1. The van der Waals surface area contributed by atoms with Crippen molar-refractivity contribution in [3.8, 4) is 0 Å². The Hall–Kier alpha value is -0.380. The Morgan fingerprint density at radius 3 is 2.54 bits per heavy atom. The van der Waals surface area contributed by atoms with Gasteiger partial charge in [-0.05, 0) is 55.0 Å². The lowest BCUT2D eigenvalue weighted by Gasteiger charge is -2.33. The number of hydrogen-bond acceptors (Lipinski definition) is 4. The van der Waals surface area contributed by atoms with Gasteiger partial charge in [0.25, 0.3) is 0 Å². The third-order valence-electron chi connectivity index (χ3n) is 5.11. The van der Waals surface area contributed by atoms with Crippen LogP contribution in [0.4, 0.5) is 0 Å². The van der Waals surface area contributed by atoms with Crippen LogP contribution < -0.4 is 10.6 Å². The molecule has 1 saturated heterocycles. The Morgan fingerprint density at radius 2 is 2.00 bits per heavy atom. The van der Waals surface area contributed by atoms with Crippen LogP contribution in [0.5, 0.6) is 0 Å². The van der Waals surface area contributed by atoms with Gasteiger partial charge in [0.1, 0.15) is 0 Å². The van der Waals surface area contributed by atoms with E-state index in [4.69, 9.17) is 0 Å². The zero-order valence-electron chi connectivity index (χ0n) is 16.3. The van der Waals surface area contributed by atoms with Gasteiger partial charge in [-0.15, -0.1) is 24.0 Å². The Kier molecular flexibility index (Phi) is 11.1. The van der Waals surface area contributed by atoms with Gasteiger partial charge < -0.3 is 15.7 Å². The molecule has 0 spiro atoms. The quantitative estimate of drug-likeness (QED) is 0.295. The summed E-state index contributed by atoms with van der Waals surface area (Å²) >= 11 is 1.77. The molecule has 7 heteroatoms. The monoisotopic (exact) mass is 494 g/mol. The number of piperidine rings is 1. The maximum atomic E-state index is 10.4. The second-order valence-electron chi connectivity index (χ2n) is 6.95. The summed E-state index contributed by atoms with van der Waals surface area (Å²) < 4.78 is 0. The number of aliphatic hydroxyl groups is 1.